The Kier molecular flexibility index (Phi) is 5.28. The predicted octanol–water partition coefficient (Wildman–Crippen LogP) is 2.42. The van der Waals surface area contributed by atoms with Crippen LogP contribution in [0.15, 0.2) is 36.4 Å². The maximum absolute atomic E-state index is 12.2. The molecule has 0 unspecified atom stereocenters. The largest absolute Gasteiger partial charge is 0.341 e. The summed E-state index contributed by atoms with van der Waals surface area (Å²) in [6.07, 6.45) is 5.94. The van der Waals surface area contributed by atoms with Crippen LogP contribution in [0.2, 0.25) is 0 Å². The number of allylic oxidation sites excluding steroid dienone is 1. The molecule has 0 saturated carbocycles. The van der Waals surface area contributed by atoms with Crippen LogP contribution in [0.5, 0.6) is 0 Å². The number of benzene rings is 1. The van der Waals surface area contributed by atoms with Crippen molar-refractivity contribution >= 4 is 17.8 Å². The molecule has 0 radical (unpaired) electrons. The summed E-state index contributed by atoms with van der Waals surface area (Å²) < 4.78 is 0. The SMILES string of the molecule is N#C[C@H](C(=O)/C=C/c1ccccc1)C(=O)N1CCCCC1. The van der Waals surface area contributed by atoms with Crippen molar-refractivity contribution in [2.45, 2.75) is 19.3 Å². The Labute approximate surface area is 124 Å². The molecular formula is C17H18N2O2. The molecule has 0 aromatic heterocycles. The van der Waals surface area contributed by atoms with Crippen LogP contribution in [-0.4, -0.2) is 29.7 Å². The number of likely N-dealkylation sites (tertiary alicyclic amines) is 1. The summed E-state index contributed by atoms with van der Waals surface area (Å²) >= 11 is 0. The maximum Gasteiger partial charge on any atom is 0.247 e. The molecule has 0 N–H and O–H groups in total. The molecule has 1 heterocycles. The minimum Gasteiger partial charge on any atom is -0.341 e. The van der Waals surface area contributed by atoms with E-state index in [1.807, 2.05) is 36.4 Å². The Morgan fingerprint density at radius 2 is 1.81 bits per heavy atom. The first-order valence-corrected chi connectivity index (χ1v) is 7.18. The topological polar surface area (TPSA) is 61.2 Å². The van der Waals surface area contributed by atoms with Gasteiger partial charge >= 0.3 is 0 Å². The number of hydrogen-bond donors (Lipinski definition) is 0. The zero-order chi connectivity index (χ0) is 15.1. The second kappa shape index (κ2) is 7.39. The average molecular weight is 282 g/mol. The highest BCUT2D eigenvalue weighted by atomic mass is 16.2. The lowest BCUT2D eigenvalue weighted by atomic mass is 10.0. The molecule has 108 valence electrons. The first kappa shape index (κ1) is 15.0. The van der Waals surface area contributed by atoms with Gasteiger partial charge in [0.1, 0.15) is 0 Å². The van der Waals surface area contributed by atoms with Crippen molar-refractivity contribution in [3.05, 3.63) is 42.0 Å². The third kappa shape index (κ3) is 4.03. The van der Waals surface area contributed by atoms with Gasteiger partial charge in [0.05, 0.1) is 6.07 Å². The third-order valence-corrected chi connectivity index (χ3v) is 3.57. The van der Waals surface area contributed by atoms with E-state index in [0.717, 1.165) is 24.8 Å². The minimum absolute atomic E-state index is 0.361. The fourth-order valence-corrected chi connectivity index (χ4v) is 2.38. The van der Waals surface area contributed by atoms with E-state index in [4.69, 9.17) is 5.26 Å². The number of hydrogen-bond acceptors (Lipinski definition) is 3. The quantitative estimate of drug-likeness (QED) is 0.629. The molecule has 2 rings (SSSR count). The van der Waals surface area contributed by atoms with E-state index >= 15 is 0 Å². The fraction of sp³-hybridized carbons (Fsp3) is 0.353. The Morgan fingerprint density at radius 3 is 2.43 bits per heavy atom. The van der Waals surface area contributed by atoms with Gasteiger partial charge in [-0.1, -0.05) is 36.4 Å². The molecule has 1 saturated heterocycles. The fourth-order valence-electron chi connectivity index (χ4n) is 2.38. The van der Waals surface area contributed by atoms with Gasteiger partial charge in [0, 0.05) is 13.1 Å². The van der Waals surface area contributed by atoms with E-state index < -0.39 is 11.7 Å². The van der Waals surface area contributed by atoms with Gasteiger partial charge < -0.3 is 4.90 Å². The van der Waals surface area contributed by atoms with Crippen molar-refractivity contribution in [3.8, 4) is 6.07 Å². The summed E-state index contributed by atoms with van der Waals surface area (Å²) in [5.74, 6) is -2.03. The zero-order valence-electron chi connectivity index (χ0n) is 11.9. The monoisotopic (exact) mass is 282 g/mol. The highest BCUT2D eigenvalue weighted by Crippen LogP contribution is 2.14. The smallest absolute Gasteiger partial charge is 0.247 e. The van der Waals surface area contributed by atoms with Crippen molar-refractivity contribution in [3.63, 3.8) is 0 Å². The Bertz CT molecular complexity index is 566. The van der Waals surface area contributed by atoms with Gasteiger partial charge in [-0.05, 0) is 30.9 Å². The van der Waals surface area contributed by atoms with Crippen LogP contribution < -0.4 is 0 Å². The molecule has 0 spiro atoms. The lowest BCUT2D eigenvalue weighted by Gasteiger charge is -2.27. The molecule has 0 bridgehead atoms. The average Bonchev–Trinajstić information content (AvgIpc) is 2.55. The molecule has 4 nitrogen and oxygen atoms in total. The van der Waals surface area contributed by atoms with Crippen LogP contribution >= 0.6 is 0 Å². The molecule has 1 aromatic rings. The lowest BCUT2D eigenvalue weighted by molar-refractivity contribution is -0.138. The number of amides is 1. The lowest BCUT2D eigenvalue weighted by Crippen LogP contribution is -2.41. The van der Waals surface area contributed by atoms with Gasteiger partial charge in [0.25, 0.3) is 0 Å². The van der Waals surface area contributed by atoms with E-state index in [9.17, 15) is 9.59 Å². The number of ketones is 1. The van der Waals surface area contributed by atoms with Crippen molar-refractivity contribution < 1.29 is 9.59 Å². The number of carbonyl (C=O) groups excluding carboxylic acids is 2. The Balaban J connectivity index is 2.03. The summed E-state index contributed by atoms with van der Waals surface area (Å²) in [4.78, 5) is 25.9. The summed E-state index contributed by atoms with van der Waals surface area (Å²) in [7, 11) is 0. The predicted molar refractivity (Wildman–Crippen MR) is 80.0 cm³/mol. The van der Waals surface area contributed by atoms with E-state index in [0.29, 0.717) is 13.1 Å². The summed E-state index contributed by atoms with van der Waals surface area (Å²) in [5.41, 5.74) is 0.868. The van der Waals surface area contributed by atoms with E-state index in [-0.39, 0.29) is 5.91 Å². The van der Waals surface area contributed by atoms with Gasteiger partial charge in [0.2, 0.25) is 5.91 Å². The van der Waals surface area contributed by atoms with Crippen LogP contribution in [0, 0.1) is 17.2 Å². The molecule has 0 aliphatic carbocycles. The summed E-state index contributed by atoms with van der Waals surface area (Å²) in [6.45, 7) is 1.29. The van der Waals surface area contributed by atoms with Crippen LogP contribution in [-0.2, 0) is 9.59 Å². The van der Waals surface area contributed by atoms with Gasteiger partial charge in [0.15, 0.2) is 11.7 Å². The van der Waals surface area contributed by atoms with Crippen LogP contribution in [0.1, 0.15) is 24.8 Å². The highest BCUT2D eigenvalue weighted by molar-refractivity contribution is 6.10. The van der Waals surface area contributed by atoms with Crippen molar-refractivity contribution in [2.24, 2.45) is 5.92 Å². The molecule has 21 heavy (non-hydrogen) atoms. The second-order valence-corrected chi connectivity index (χ2v) is 5.09. The first-order chi connectivity index (χ1) is 10.2. The van der Waals surface area contributed by atoms with Gasteiger partial charge in [-0.3, -0.25) is 9.59 Å². The molecule has 1 aliphatic rings. The number of nitrogens with zero attached hydrogens (tertiary/aromatic N) is 2. The molecular weight excluding hydrogens is 264 g/mol. The normalized spacial score (nSPS) is 16.4. The van der Waals surface area contributed by atoms with Gasteiger partial charge in [-0.25, -0.2) is 0 Å². The van der Waals surface area contributed by atoms with Gasteiger partial charge in [-0.2, -0.15) is 5.26 Å². The third-order valence-electron chi connectivity index (χ3n) is 3.57. The van der Waals surface area contributed by atoms with Crippen molar-refractivity contribution in [1.29, 1.82) is 5.26 Å². The number of carbonyl (C=O) groups is 2. The molecule has 1 atom stereocenters. The number of nitriles is 1. The molecule has 1 fully saturated rings. The van der Waals surface area contributed by atoms with Gasteiger partial charge in [-0.15, -0.1) is 0 Å². The number of piperidine rings is 1. The zero-order valence-corrected chi connectivity index (χ0v) is 11.9. The molecule has 1 amide bonds. The van der Waals surface area contributed by atoms with E-state index in [2.05, 4.69) is 0 Å². The first-order valence-electron chi connectivity index (χ1n) is 7.18. The molecule has 1 aliphatic heterocycles. The second-order valence-electron chi connectivity index (χ2n) is 5.09. The number of rotatable bonds is 4. The van der Waals surface area contributed by atoms with Crippen LogP contribution in [0.4, 0.5) is 0 Å². The van der Waals surface area contributed by atoms with Crippen molar-refractivity contribution in [2.75, 3.05) is 13.1 Å². The Morgan fingerprint density at radius 1 is 1.14 bits per heavy atom. The Hall–Kier alpha value is -2.41. The van der Waals surface area contributed by atoms with Crippen molar-refractivity contribution in [1.82, 2.24) is 4.90 Å². The standard InChI is InChI=1S/C17H18N2O2/c18-13-15(17(21)19-11-5-2-6-12-19)16(20)10-9-14-7-3-1-4-8-14/h1,3-4,7-10,15H,2,5-6,11-12H2/b10-9+/t15-/m1/s1. The van der Waals surface area contributed by atoms with Crippen LogP contribution in [0.3, 0.4) is 0 Å². The van der Waals surface area contributed by atoms with Crippen LogP contribution in [0.25, 0.3) is 6.08 Å². The molecule has 1 aromatic carbocycles. The summed E-state index contributed by atoms with van der Waals surface area (Å²) in [6, 6.07) is 11.2. The summed E-state index contributed by atoms with van der Waals surface area (Å²) in [5, 5.41) is 9.14. The highest BCUT2D eigenvalue weighted by Gasteiger charge is 2.29. The minimum atomic E-state index is -1.22. The molecule has 4 heteroatoms. The maximum atomic E-state index is 12.2. The van der Waals surface area contributed by atoms with E-state index in [1.165, 1.54) is 6.08 Å². The van der Waals surface area contributed by atoms with E-state index in [1.54, 1.807) is 11.0 Å².